The van der Waals surface area contributed by atoms with Crippen LogP contribution in [0.4, 0.5) is 4.39 Å². The summed E-state index contributed by atoms with van der Waals surface area (Å²) in [6, 6.07) is 19.8. The minimum Gasteiger partial charge on any atom is -0.328 e. The summed E-state index contributed by atoms with van der Waals surface area (Å²) in [5, 5.41) is 0.484. The van der Waals surface area contributed by atoms with Crippen molar-refractivity contribution in [2.75, 3.05) is 6.54 Å². The highest BCUT2D eigenvalue weighted by molar-refractivity contribution is 9.10. The van der Waals surface area contributed by atoms with Crippen molar-refractivity contribution in [3.8, 4) is 5.69 Å². The third-order valence-corrected chi connectivity index (χ3v) is 6.18. The van der Waals surface area contributed by atoms with Crippen LogP contribution in [-0.4, -0.2) is 26.9 Å². The molecule has 0 aliphatic rings. The van der Waals surface area contributed by atoms with Crippen LogP contribution in [0.3, 0.4) is 0 Å². The van der Waals surface area contributed by atoms with E-state index in [0.29, 0.717) is 29.0 Å². The maximum atomic E-state index is 14.5. The van der Waals surface area contributed by atoms with E-state index in [-0.39, 0.29) is 17.0 Å². The number of rotatable bonds is 6. The Morgan fingerprint density at radius 1 is 1.00 bits per heavy atom. The van der Waals surface area contributed by atoms with Crippen molar-refractivity contribution in [1.29, 1.82) is 0 Å². The summed E-state index contributed by atoms with van der Waals surface area (Å²) < 4.78 is 17.0. The number of nitrogens with zero attached hydrogens (tertiary/aromatic N) is 3. The molecule has 5 nitrogen and oxygen atoms in total. The average Bonchev–Trinajstić information content (AvgIpc) is 2.82. The first-order valence-corrected chi connectivity index (χ1v) is 11.9. The molecule has 1 heterocycles. The van der Waals surface area contributed by atoms with Gasteiger partial charge in [0, 0.05) is 11.0 Å². The van der Waals surface area contributed by atoms with Gasteiger partial charge in [-0.15, -0.1) is 0 Å². The molecule has 0 bridgehead atoms. The molecule has 4 aromatic rings. The lowest BCUT2D eigenvalue weighted by Gasteiger charge is -2.32. The number of fused-ring (bicyclic) bond motifs is 1. The van der Waals surface area contributed by atoms with Crippen LogP contribution < -0.4 is 5.56 Å². The first-order chi connectivity index (χ1) is 16.3. The number of amides is 1. The molecule has 0 spiro atoms. The van der Waals surface area contributed by atoms with E-state index >= 15 is 0 Å². The fourth-order valence-corrected chi connectivity index (χ4v) is 4.27. The molecule has 1 unspecified atom stereocenters. The van der Waals surface area contributed by atoms with Crippen LogP contribution in [0.5, 0.6) is 0 Å². The number of carbonyl (C=O) groups excluding carboxylic acids is 1. The van der Waals surface area contributed by atoms with E-state index in [1.54, 1.807) is 39.8 Å². The first kappa shape index (κ1) is 23.8. The number of para-hydroxylation sites is 1. The summed E-state index contributed by atoms with van der Waals surface area (Å²) in [5.74, 6) is -0.489. The quantitative estimate of drug-likeness (QED) is 0.306. The molecule has 0 aliphatic carbocycles. The third-order valence-electron chi connectivity index (χ3n) is 5.65. The predicted molar refractivity (Wildman–Crippen MR) is 136 cm³/mol. The largest absolute Gasteiger partial charge is 0.328 e. The summed E-state index contributed by atoms with van der Waals surface area (Å²) in [7, 11) is 0. The second-order valence-corrected chi connectivity index (χ2v) is 9.53. The number of halogens is 2. The monoisotopic (exact) mass is 521 g/mol. The van der Waals surface area contributed by atoms with E-state index in [4.69, 9.17) is 4.98 Å². The summed E-state index contributed by atoms with van der Waals surface area (Å²) >= 11 is 3.43. The highest BCUT2D eigenvalue weighted by atomic mass is 79.9. The van der Waals surface area contributed by atoms with E-state index in [2.05, 4.69) is 15.9 Å². The second kappa shape index (κ2) is 9.89. The average molecular weight is 522 g/mol. The van der Waals surface area contributed by atoms with Gasteiger partial charge in [0.25, 0.3) is 11.5 Å². The summed E-state index contributed by atoms with van der Waals surface area (Å²) in [4.78, 5) is 33.6. The molecular formula is C27H25BrFN3O2. The molecule has 1 atom stereocenters. The fourth-order valence-electron chi connectivity index (χ4n) is 4.01. The minimum atomic E-state index is -0.601. The highest BCUT2D eigenvalue weighted by Gasteiger charge is 2.29. The second-order valence-electron chi connectivity index (χ2n) is 8.61. The molecule has 0 saturated carbocycles. The Hall–Kier alpha value is -3.32. The zero-order valence-electron chi connectivity index (χ0n) is 19.2. The topological polar surface area (TPSA) is 55.2 Å². The molecule has 7 heteroatoms. The number of aromatic nitrogens is 2. The molecule has 4 rings (SSSR count). The van der Waals surface area contributed by atoms with Crippen molar-refractivity contribution < 1.29 is 9.18 Å². The minimum absolute atomic E-state index is 0.00618. The number of hydrogen-bond donors (Lipinski definition) is 0. The van der Waals surface area contributed by atoms with Gasteiger partial charge in [0.2, 0.25) is 0 Å². The third kappa shape index (κ3) is 4.66. The van der Waals surface area contributed by atoms with Crippen molar-refractivity contribution in [2.24, 2.45) is 5.92 Å². The highest BCUT2D eigenvalue weighted by Crippen LogP contribution is 2.26. The molecule has 0 N–H and O–H groups in total. The maximum Gasteiger partial charge on any atom is 0.266 e. The Morgan fingerprint density at radius 2 is 1.65 bits per heavy atom. The van der Waals surface area contributed by atoms with Crippen LogP contribution in [0.15, 0.2) is 82.1 Å². The van der Waals surface area contributed by atoms with Crippen LogP contribution in [0.1, 0.15) is 43.0 Å². The van der Waals surface area contributed by atoms with Gasteiger partial charge in [-0.25, -0.2) is 9.37 Å². The Kier molecular flexibility index (Phi) is 6.93. The summed E-state index contributed by atoms with van der Waals surface area (Å²) in [6.07, 6.45) is 0. The van der Waals surface area contributed by atoms with E-state index < -0.39 is 17.8 Å². The molecule has 174 valence electrons. The first-order valence-electron chi connectivity index (χ1n) is 11.1. The molecule has 1 aromatic heterocycles. The van der Waals surface area contributed by atoms with Gasteiger partial charge in [-0.1, -0.05) is 54.0 Å². The van der Waals surface area contributed by atoms with Gasteiger partial charge in [-0.05, 0) is 61.4 Å². The number of benzene rings is 3. The Morgan fingerprint density at radius 3 is 2.32 bits per heavy atom. The standard InChI is InChI=1S/C27H25BrFN3O2/c1-17(2)16-31(26(33)21-8-4-6-10-23(21)29)18(3)25-30-24-11-7-5-9-22(24)27(34)32(25)20-14-12-19(28)13-15-20/h4-15,17-18H,16H2,1-3H3. The van der Waals surface area contributed by atoms with Gasteiger partial charge in [-0.2, -0.15) is 0 Å². The van der Waals surface area contributed by atoms with E-state index in [1.165, 1.54) is 12.1 Å². The number of carbonyl (C=O) groups is 1. The molecule has 0 saturated heterocycles. The molecular weight excluding hydrogens is 497 g/mol. The van der Waals surface area contributed by atoms with Gasteiger partial charge in [0.05, 0.1) is 28.2 Å². The summed E-state index contributed by atoms with van der Waals surface area (Å²) in [6.45, 7) is 6.18. The van der Waals surface area contributed by atoms with Crippen molar-refractivity contribution in [1.82, 2.24) is 14.5 Å². The van der Waals surface area contributed by atoms with E-state index in [0.717, 1.165) is 4.47 Å². The SMILES string of the molecule is CC(C)CN(C(=O)c1ccccc1F)C(C)c1nc2ccccc2c(=O)n1-c1ccc(Br)cc1. The van der Waals surface area contributed by atoms with Crippen LogP contribution in [0, 0.1) is 11.7 Å². The van der Waals surface area contributed by atoms with E-state index in [1.807, 2.05) is 51.1 Å². The Bertz CT molecular complexity index is 1400. The van der Waals surface area contributed by atoms with Gasteiger partial charge in [0.1, 0.15) is 11.6 Å². The predicted octanol–water partition coefficient (Wildman–Crippen LogP) is 6.15. The molecule has 34 heavy (non-hydrogen) atoms. The van der Waals surface area contributed by atoms with Gasteiger partial charge >= 0.3 is 0 Å². The van der Waals surface area contributed by atoms with Crippen molar-refractivity contribution >= 4 is 32.7 Å². The van der Waals surface area contributed by atoms with Crippen LogP contribution in [0.25, 0.3) is 16.6 Å². The molecule has 0 fully saturated rings. The molecule has 0 aliphatic heterocycles. The smallest absolute Gasteiger partial charge is 0.266 e. The normalized spacial score (nSPS) is 12.2. The molecule has 3 aromatic carbocycles. The van der Waals surface area contributed by atoms with Crippen LogP contribution >= 0.6 is 15.9 Å². The molecule has 1 amide bonds. The summed E-state index contributed by atoms with van der Waals surface area (Å²) in [5.41, 5.74) is 0.952. The van der Waals surface area contributed by atoms with Crippen LogP contribution in [-0.2, 0) is 0 Å². The number of hydrogen-bond acceptors (Lipinski definition) is 3. The van der Waals surface area contributed by atoms with Gasteiger partial charge in [-0.3, -0.25) is 14.2 Å². The van der Waals surface area contributed by atoms with Crippen LogP contribution in [0.2, 0.25) is 0 Å². The van der Waals surface area contributed by atoms with Crippen molar-refractivity contribution in [3.63, 3.8) is 0 Å². The van der Waals surface area contributed by atoms with Crippen molar-refractivity contribution in [2.45, 2.75) is 26.8 Å². The van der Waals surface area contributed by atoms with Gasteiger partial charge in [0.15, 0.2) is 0 Å². The fraction of sp³-hybridized carbons (Fsp3) is 0.222. The Balaban J connectivity index is 1.93. The van der Waals surface area contributed by atoms with E-state index in [9.17, 15) is 14.0 Å². The lowest BCUT2D eigenvalue weighted by molar-refractivity contribution is 0.0650. The zero-order valence-corrected chi connectivity index (χ0v) is 20.8. The molecule has 0 radical (unpaired) electrons. The van der Waals surface area contributed by atoms with Gasteiger partial charge < -0.3 is 4.90 Å². The zero-order chi connectivity index (χ0) is 24.4. The van der Waals surface area contributed by atoms with Crippen molar-refractivity contribution in [3.05, 3.63) is 105 Å². The lowest BCUT2D eigenvalue weighted by Crippen LogP contribution is -2.39. The Labute approximate surface area is 206 Å². The lowest BCUT2D eigenvalue weighted by atomic mass is 10.1. The maximum absolute atomic E-state index is 14.5.